The summed E-state index contributed by atoms with van der Waals surface area (Å²) in [6, 6.07) is 5.83. The van der Waals surface area contributed by atoms with Crippen LogP contribution < -0.4 is 4.90 Å². The van der Waals surface area contributed by atoms with E-state index in [9.17, 15) is 4.79 Å². The van der Waals surface area contributed by atoms with E-state index < -0.39 is 5.97 Å². The molecule has 1 fully saturated rings. The summed E-state index contributed by atoms with van der Waals surface area (Å²) >= 11 is 3.50. The number of hydrogen-bond acceptors (Lipinski definition) is 2. The molecule has 110 valence electrons. The van der Waals surface area contributed by atoms with Crippen molar-refractivity contribution in [1.29, 1.82) is 0 Å². The molecule has 1 aromatic rings. The molecule has 1 aliphatic carbocycles. The molecule has 0 aromatic heterocycles. The first-order valence-electron chi connectivity index (χ1n) is 7.28. The van der Waals surface area contributed by atoms with E-state index in [1.807, 2.05) is 6.07 Å². The predicted octanol–water partition coefficient (Wildman–Crippen LogP) is 4.55. The van der Waals surface area contributed by atoms with E-state index in [2.05, 4.69) is 34.8 Å². The second-order valence-corrected chi connectivity index (χ2v) is 6.52. The fourth-order valence-corrected chi connectivity index (χ4v) is 3.72. The second kappa shape index (κ2) is 6.61. The highest BCUT2D eigenvalue weighted by Crippen LogP contribution is 2.34. The zero-order chi connectivity index (χ0) is 14.7. The van der Waals surface area contributed by atoms with Crippen molar-refractivity contribution in [2.24, 2.45) is 5.92 Å². The predicted molar refractivity (Wildman–Crippen MR) is 85.5 cm³/mol. The molecule has 0 radical (unpaired) electrons. The van der Waals surface area contributed by atoms with Gasteiger partial charge in [-0.25, -0.2) is 4.79 Å². The van der Waals surface area contributed by atoms with Crippen LogP contribution in [0.5, 0.6) is 0 Å². The Balaban J connectivity index is 2.09. The Morgan fingerprint density at radius 2 is 2.00 bits per heavy atom. The lowest BCUT2D eigenvalue weighted by atomic mass is 9.84. The van der Waals surface area contributed by atoms with Gasteiger partial charge in [0.05, 0.1) is 11.3 Å². The van der Waals surface area contributed by atoms with Crippen LogP contribution in [0.2, 0.25) is 0 Å². The molecule has 0 atom stereocenters. The second-order valence-electron chi connectivity index (χ2n) is 5.67. The van der Waals surface area contributed by atoms with Gasteiger partial charge in [0.1, 0.15) is 0 Å². The van der Waals surface area contributed by atoms with Crippen LogP contribution in [0.4, 0.5) is 5.69 Å². The maximum Gasteiger partial charge on any atom is 0.335 e. The Kier molecular flexibility index (Phi) is 5.08. The van der Waals surface area contributed by atoms with Gasteiger partial charge in [0.15, 0.2) is 0 Å². The quantitative estimate of drug-likeness (QED) is 0.874. The minimum absolute atomic E-state index is 0.323. The van der Waals surface area contributed by atoms with E-state index in [4.69, 9.17) is 5.11 Å². The summed E-state index contributed by atoms with van der Waals surface area (Å²) in [6.07, 6.45) is 6.34. The zero-order valence-corrected chi connectivity index (χ0v) is 13.7. The SMILES string of the molecule is CCC1CCC(N(C)c2ccc(C(=O)O)cc2Br)CC1. The van der Waals surface area contributed by atoms with Gasteiger partial charge in [-0.15, -0.1) is 0 Å². The maximum atomic E-state index is 11.0. The van der Waals surface area contributed by atoms with Gasteiger partial charge in [-0.05, 0) is 65.7 Å². The summed E-state index contributed by atoms with van der Waals surface area (Å²) in [7, 11) is 2.11. The Morgan fingerprint density at radius 3 is 2.50 bits per heavy atom. The first-order chi connectivity index (χ1) is 9.52. The van der Waals surface area contributed by atoms with E-state index >= 15 is 0 Å². The smallest absolute Gasteiger partial charge is 0.335 e. The molecule has 4 heteroatoms. The number of rotatable bonds is 4. The molecule has 0 heterocycles. The van der Waals surface area contributed by atoms with Gasteiger partial charge in [0.2, 0.25) is 0 Å². The summed E-state index contributed by atoms with van der Waals surface area (Å²) < 4.78 is 0.859. The molecule has 1 aliphatic rings. The van der Waals surface area contributed by atoms with Crippen molar-refractivity contribution in [3.63, 3.8) is 0 Å². The molecule has 20 heavy (non-hydrogen) atoms. The third-order valence-electron chi connectivity index (χ3n) is 4.52. The highest BCUT2D eigenvalue weighted by Gasteiger charge is 2.24. The van der Waals surface area contributed by atoms with E-state index in [1.54, 1.807) is 12.1 Å². The van der Waals surface area contributed by atoms with Gasteiger partial charge in [0.25, 0.3) is 0 Å². The van der Waals surface area contributed by atoms with Crippen LogP contribution in [0.3, 0.4) is 0 Å². The van der Waals surface area contributed by atoms with Gasteiger partial charge < -0.3 is 10.0 Å². The van der Waals surface area contributed by atoms with Crippen molar-refractivity contribution in [1.82, 2.24) is 0 Å². The molecule has 0 amide bonds. The third kappa shape index (κ3) is 3.35. The highest BCUT2D eigenvalue weighted by atomic mass is 79.9. The Labute approximate surface area is 129 Å². The number of carboxylic acid groups (broad SMARTS) is 1. The summed E-state index contributed by atoms with van der Waals surface area (Å²) in [6.45, 7) is 2.27. The first-order valence-corrected chi connectivity index (χ1v) is 8.08. The van der Waals surface area contributed by atoms with Crippen molar-refractivity contribution < 1.29 is 9.90 Å². The average Bonchev–Trinajstić information content (AvgIpc) is 2.46. The number of benzene rings is 1. The zero-order valence-electron chi connectivity index (χ0n) is 12.1. The molecule has 2 rings (SSSR count). The molecule has 0 aliphatic heterocycles. The van der Waals surface area contributed by atoms with Crippen LogP contribution in [0.1, 0.15) is 49.4 Å². The number of anilines is 1. The fraction of sp³-hybridized carbons (Fsp3) is 0.562. The summed E-state index contributed by atoms with van der Waals surface area (Å²) in [5.41, 5.74) is 1.40. The standard InChI is InChI=1S/C16H22BrNO2/c1-3-11-4-7-13(8-5-11)18(2)15-9-6-12(16(19)20)10-14(15)17/h6,9-11,13H,3-5,7-8H2,1-2H3,(H,19,20). The van der Waals surface area contributed by atoms with E-state index in [0.717, 1.165) is 16.1 Å². The summed E-state index contributed by atoms with van der Waals surface area (Å²) in [5.74, 6) is 0.000772. The number of carboxylic acids is 1. The maximum absolute atomic E-state index is 11.0. The Hall–Kier alpha value is -1.03. The van der Waals surface area contributed by atoms with Gasteiger partial charge in [0, 0.05) is 17.6 Å². The minimum atomic E-state index is -0.886. The van der Waals surface area contributed by atoms with E-state index in [1.165, 1.54) is 32.1 Å². The molecular weight excluding hydrogens is 318 g/mol. The molecule has 1 N–H and O–H groups in total. The number of halogens is 1. The summed E-state index contributed by atoms with van der Waals surface area (Å²) in [5, 5.41) is 9.01. The normalized spacial score (nSPS) is 22.6. The lowest BCUT2D eigenvalue weighted by molar-refractivity contribution is 0.0697. The fourth-order valence-electron chi connectivity index (χ4n) is 3.06. The average molecular weight is 340 g/mol. The van der Waals surface area contributed by atoms with Crippen molar-refractivity contribution in [2.75, 3.05) is 11.9 Å². The van der Waals surface area contributed by atoms with Gasteiger partial charge >= 0.3 is 5.97 Å². The molecule has 0 saturated heterocycles. The molecule has 1 aromatic carbocycles. The monoisotopic (exact) mass is 339 g/mol. The van der Waals surface area contributed by atoms with Crippen LogP contribution in [-0.4, -0.2) is 24.2 Å². The highest BCUT2D eigenvalue weighted by molar-refractivity contribution is 9.10. The number of nitrogens with zero attached hydrogens (tertiary/aromatic N) is 1. The lowest BCUT2D eigenvalue weighted by Crippen LogP contribution is -2.35. The Morgan fingerprint density at radius 1 is 1.35 bits per heavy atom. The Bertz CT molecular complexity index is 481. The molecule has 0 bridgehead atoms. The van der Waals surface area contributed by atoms with Crippen molar-refractivity contribution in [3.8, 4) is 0 Å². The van der Waals surface area contributed by atoms with Gasteiger partial charge in [-0.2, -0.15) is 0 Å². The molecule has 1 saturated carbocycles. The number of hydrogen-bond donors (Lipinski definition) is 1. The minimum Gasteiger partial charge on any atom is -0.478 e. The largest absolute Gasteiger partial charge is 0.478 e. The van der Waals surface area contributed by atoms with Crippen LogP contribution in [0, 0.1) is 5.92 Å². The van der Waals surface area contributed by atoms with Gasteiger partial charge in [-0.1, -0.05) is 13.3 Å². The molecular formula is C16H22BrNO2. The lowest BCUT2D eigenvalue weighted by Gasteiger charge is -2.36. The van der Waals surface area contributed by atoms with E-state index in [-0.39, 0.29) is 0 Å². The van der Waals surface area contributed by atoms with Gasteiger partial charge in [-0.3, -0.25) is 0 Å². The number of aromatic carboxylic acids is 1. The van der Waals surface area contributed by atoms with Crippen molar-refractivity contribution in [2.45, 2.75) is 45.1 Å². The topological polar surface area (TPSA) is 40.5 Å². The molecule has 0 spiro atoms. The van der Waals surface area contributed by atoms with E-state index in [0.29, 0.717) is 11.6 Å². The first kappa shape index (κ1) is 15.4. The number of carbonyl (C=O) groups is 1. The summed E-state index contributed by atoms with van der Waals surface area (Å²) in [4.78, 5) is 13.3. The van der Waals surface area contributed by atoms with Crippen LogP contribution in [0.15, 0.2) is 22.7 Å². The van der Waals surface area contributed by atoms with Crippen molar-refractivity contribution in [3.05, 3.63) is 28.2 Å². The molecule has 3 nitrogen and oxygen atoms in total. The van der Waals surface area contributed by atoms with Crippen LogP contribution in [0.25, 0.3) is 0 Å². The molecule has 0 unspecified atom stereocenters. The van der Waals surface area contributed by atoms with Crippen LogP contribution >= 0.6 is 15.9 Å². The third-order valence-corrected chi connectivity index (χ3v) is 5.15. The van der Waals surface area contributed by atoms with Crippen LogP contribution in [-0.2, 0) is 0 Å². The van der Waals surface area contributed by atoms with Crippen molar-refractivity contribution >= 4 is 27.6 Å².